The van der Waals surface area contributed by atoms with Crippen molar-refractivity contribution in [2.45, 2.75) is 32.6 Å². The zero-order valence-electron chi connectivity index (χ0n) is 13.7. The van der Waals surface area contributed by atoms with Gasteiger partial charge in [0.2, 0.25) is 0 Å². The Morgan fingerprint density at radius 3 is 2.88 bits per heavy atom. The van der Waals surface area contributed by atoms with Gasteiger partial charge in [-0.3, -0.25) is 9.89 Å². The van der Waals surface area contributed by atoms with Crippen LogP contribution in [0.25, 0.3) is 10.9 Å². The van der Waals surface area contributed by atoms with Crippen molar-refractivity contribution in [1.82, 2.24) is 15.1 Å². The molecule has 126 valence electrons. The fourth-order valence-electron chi connectivity index (χ4n) is 3.00. The third kappa shape index (κ3) is 3.32. The van der Waals surface area contributed by atoms with Crippen LogP contribution in [0.4, 0.5) is 0 Å². The van der Waals surface area contributed by atoms with Gasteiger partial charge in [0.05, 0.1) is 5.52 Å². The Balaban J connectivity index is 1.65. The van der Waals surface area contributed by atoms with Gasteiger partial charge >= 0.3 is 5.97 Å². The molecule has 0 fully saturated rings. The summed E-state index contributed by atoms with van der Waals surface area (Å²) in [5.74, 6) is -0.784. The lowest BCUT2D eigenvalue weighted by atomic mass is 10.0. The highest BCUT2D eigenvalue weighted by Crippen LogP contribution is 2.21. The minimum absolute atomic E-state index is 0.196. The van der Waals surface area contributed by atoms with Gasteiger partial charge < -0.3 is 9.64 Å². The largest absolute Gasteiger partial charge is 0.451 e. The zero-order chi connectivity index (χ0) is 16.9. The van der Waals surface area contributed by atoms with E-state index in [0.717, 1.165) is 36.9 Å². The molecule has 2 aromatic rings. The van der Waals surface area contributed by atoms with Crippen molar-refractivity contribution in [3.63, 3.8) is 0 Å². The number of para-hydroxylation sites is 1. The first-order chi connectivity index (χ1) is 11.7. The molecule has 1 aliphatic rings. The average molecular weight is 327 g/mol. The van der Waals surface area contributed by atoms with Crippen LogP contribution in [-0.4, -0.2) is 40.1 Å². The minimum atomic E-state index is -0.588. The Morgan fingerprint density at radius 2 is 2.12 bits per heavy atom. The molecule has 1 amide bonds. The molecule has 1 aromatic heterocycles. The van der Waals surface area contributed by atoms with E-state index in [1.807, 2.05) is 25.1 Å². The van der Waals surface area contributed by atoms with E-state index in [1.54, 1.807) is 11.0 Å². The molecule has 0 spiro atoms. The van der Waals surface area contributed by atoms with Crippen molar-refractivity contribution in [1.29, 1.82) is 0 Å². The number of nitrogens with zero attached hydrogens (tertiary/aromatic N) is 2. The number of aromatic nitrogens is 2. The number of likely N-dealkylation sites (N-methyl/N-ethyl adjacent to an activating group) is 1. The van der Waals surface area contributed by atoms with Crippen LogP contribution in [0, 0.1) is 0 Å². The van der Waals surface area contributed by atoms with Crippen LogP contribution in [0.1, 0.15) is 43.1 Å². The van der Waals surface area contributed by atoms with Gasteiger partial charge in [0.15, 0.2) is 12.3 Å². The first-order valence-electron chi connectivity index (χ1n) is 8.30. The highest BCUT2D eigenvalue weighted by Gasteiger charge is 2.21. The molecule has 6 heteroatoms. The molecule has 0 atom stereocenters. The summed E-state index contributed by atoms with van der Waals surface area (Å²) in [4.78, 5) is 26.3. The number of ether oxygens (including phenoxy) is 1. The summed E-state index contributed by atoms with van der Waals surface area (Å²) >= 11 is 0. The van der Waals surface area contributed by atoms with Crippen LogP contribution in [0.3, 0.4) is 0 Å². The Hall–Kier alpha value is -2.63. The van der Waals surface area contributed by atoms with E-state index in [0.29, 0.717) is 11.9 Å². The summed E-state index contributed by atoms with van der Waals surface area (Å²) in [5, 5.41) is 7.47. The first-order valence-corrected chi connectivity index (χ1v) is 8.30. The summed E-state index contributed by atoms with van der Waals surface area (Å²) in [6.45, 7) is 2.23. The Bertz CT molecular complexity index is 779. The number of allylic oxidation sites excluding steroid dienone is 2. The van der Waals surface area contributed by atoms with Crippen molar-refractivity contribution < 1.29 is 14.3 Å². The van der Waals surface area contributed by atoms with E-state index in [4.69, 9.17) is 4.74 Å². The molecular weight excluding hydrogens is 306 g/mol. The molecule has 1 aromatic carbocycles. The topological polar surface area (TPSA) is 75.3 Å². The Kier molecular flexibility index (Phi) is 4.93. The van der Waals surface area contributed by atoms with Gasteiger partial charge in [0.1, 0.15) is 0 Å². The van der Waals surface area contributed by atoms with Crippen LogP contribution in [0.2, 0.25) is 0 Å². The highest BCUT2D eigenvalue weighted by atomic mass is 16.5. The predicted molar refractivity (Wildman–Crippen MR) is 90.3 cm³/mol. The fourth-order valence-corrected chi connectivity index (χ4v) is 3.00. The van der Waals surface area contributed by atoms with E-state index < -0.39 is 5.97 Å². The van der Waals surface area contributed by atoms with Crippen molar-refractivity contribution in [2.24, 2.45) is 0 Å². The molecule has 0 bridgehead atoms. The van der Waals surface area contributed by atoms with Crippen molar-refractivity contribution in [3.05, 3.63) is 41.7 Å². The standard InChI is InChI=1S/C18H21N3O3/c1-2-21(13-8-4-3-5-9-13)16(22)12-24-18(23)17-14-10-6-7-11-15(14)19-20-17/h6-8,10-11H,2-5,9,12H2,1H3,(H,19,20). The number of H-pyrrole nitrogens is 1. The normalized spacial score (nSPS) is 14.3. The number of hydrogen-bond acceptors (Lipinski definition) is 4. The van der Waals surface area contributed by atoms with Crippen LogP contribution < -0.4 is 0 Å². The van der Waals surface area contributed by atoms with E-state index in [2.05, 4.69) is 16.3 Å². The summed E-state index contributed by atoms with van der Waals surface area (Å²) in [5.41, 5.74) is 2.01. The highest BCUT2D eigenvalue weighted by molar-refractivity contribution is 6.02. The lowest BCUT2D eigenvalue weighted by molar-refractivity contribution is -0.132. The number of esters is 1. The molecule has 3 rings (SSSR count). The number of nitrogens with one attached hydrogen (secondary N) is 1. The molecule has 24 heavy (non-hydrogen) atoms. The maximum absolute atomic E-state index is 12.4. The molecule has 0 unspecified atom stereocenters. The molecule has 0 radical (unpaired) electrons. The van der Waals surface area contributed by atoms with Crippen LogP contribution in [0.5, 0.6) is 0 Å². The lowest BCUT2D eigenvalue weighted by Crippen LogP contribution is -2.34. The van der Waals surface area contributed by atoms with E-state index in [-0.39, 0.29) is 18.2 Å². The van der Waals surface area contributed by atoms with E-state index in [9.17, 15) is 9.59 Å². The summed E-state index contributed by atoms with van der Waals surface area (Å²) in [6, 6.07) is 7.31. The number of fused-ring (bicyclic) bond motifs is 1. The second-order valence-corrected chi connectivity index (χ2v) is 5.77. The minimum Gasteiger partial charge on any atom is -0.451 e. The monoisotopic (exact) mass is 327 g/mol. The predicted octanol–water partition coefficient (Wildman–Crippen LogP) is 3.03. The Morgan fingerprint density at radius 1 is 1.29 bits per heavy atom. The van der Waals surface area contributed by atoms with Gasteiger partial charge in [-0.2, -0.15) is 5.10 Å². The fraction of sp³-hybridized carbons (Fsp3) is 0.389. The van der Waals surface area contributed by atoms with Gasteiger partial charge in [-0.25, -0.2) is 4.79 Å². The second-order valence-electron chi connectivity index (χ2n) is 5.77. The number of hydrogen-bond donors (Lipinski definition) is 1. The third-order valence-electron chi connectivity index (χ3n) is 4.22. The van der Waals surface area contributed by atoms with Crippen molar-refractivity contribution in [3.8, 4) is 0 Å². The maximum Gasteiger partial charge on any atom is 0.359 e. The number of amides is 1. The molecule has 0 aliphatic heterocycles. The summed E-state index contributed by atoms with van der Waals surface area (Å²) in [7, 11) is 0. The van der Waals surface area contributed by atoms with Gasteiger partial charge in [-0.05, 0) is 38.7 Å². The average Bonchev–Trinajstić information content (AvgIpc) is 3.05. The van der Waals surface area contributed by atoms with Crippen LogP contribution in [-0.2, 0) is 9.53 Å². The third-order valence-corrected chi connectivity index (χ3v) is 4.22. The molecule has 1 N–H and O–H groups in total. The van der Waals surface area contributed by atoms with Crippen LogP contribution >= 0.6 is 0 Å². The number of carbonyl (C=O) groups excluding carboxylic acids is 2. The first kappa shape index (κ1) is 16.2. The van der Waals surface area contributed by atoms with E-state index in [1.165, 1.54) is 0 Å². The quantitative estimate of drug-likeness (QED) is 0.857. The number of aromatic amines is 1. The molecular formula is C18H21N3O3. The van der Waals surface area contributed by atoms with Crippen LogP contribution in [0.15, 0.2) is 36.0 Å². The van der Waals surface area contributed by atoms with Gasteiger partial charge in [-0.15, -0.1) is 0 Å². The maximum atomic E-state index is 12.4. The summed E-state index contributed by atoms with van der Waals surface area (Å²) in [6.07, 6.45) is 6.26. The number of benzene rings is 1. The zero-order valence-corrected chi connectivity index (χ0v) is 13.7. The SMILES string of the molecule is CCN(C(=O)COC(=O)c1n[nH]c2ccccc12)C1=CCCCC1. The Labute approximate surface area is 140 Å². The lowest BCUT2D eigenvalue weighted by Gasteiger charge is -2.26. The van der Waals surface area contributed by atoms with Crippen molar-refractivity contribution >= 4 is 22.8 Å². The van der Waals surface area contributed by atoms with E-state index >= 15 is 0 Å². The second kappa shape index (κ2) is 7.29. The molecule has 6 nitrogen and oxygen atoms in total. The number of rotatable bonds is 5. The van der Waals surface area contributed by atoms with Gasteiger partial charge in [0.25, 0.3) is 5.91 Å². The molecule has 0 saturated heterocycles. The smallest absolute Gasteiger partial charge is 0.359 e. The van der Waals surface area contributed by atoms with Gasteiger partial charge in [-0.1, -0.05) is 24.3 Å². The van der Waals surface area contributed by atoms with Crippen molar-refractivity contribution in [2.75, 3.05) is 13.2 Å². The molecule has 1 aliphatic carbocycles. The summed E-state index contributed by atoms with van der Waals surface area (Å²) < 4.78 is 5.19. The number of carbonyl (C=O) groups is 2. The molecule has 1 heterocycles. The van der Waals surface area contributed by atoms with Gasteiger partial charge in [0, 0.05) is 17.6 Å². The molecule has 0 saturated carbocycles.